The van der Waals surface area contributed by atoms with E-state index >= 15 is 0 Å². The van der Waals surface area contributed by atoms with Gasteiger partial charge in [-0.15, -0.1) is 11.3 Å². The number of ether oxygens (including phenoxy) is 1. The molecule has 1 aromatic heterocycles. The van der Waals surface area contributed by atoms with Crippen molar-refractivity contribution in [2.24, 2.45) is 0 Å². The number of nitrogens with one attached hydrogen (secondary N) is 1. The van der Waals surface area contributed by atoms with Crippen molar-refractivity contribution in [3.8, 4) is 16.2 Å². The fourth-order valence-electron chi connectivity index (χ4n) is 3.61. The summed E-state index contributed by atoms with van der Waals surface area (Å²) >= 11 is 1.12. The lowest BCUT2D eigenvalue weighted by atomic mass is 9.95. The molecule has 28 heavy (non-hydrogen) atoms. The van der Waals surface area contributed by atoms with Crippen LogP contribution in [-0.2, 0) is 11.3 Å². The van der Waals surface area contributed by atoms with Gasteiger partial charge in [0, 0.05) is 23.0 Å². The van der Waals surface area contributed by atoms with Gasteiger partial charge in [-0.3, -0.25) is 0 Å². The van der Waals surface area contributed by atoms with E-state index in [-0.39, 0.29) is 10.6 Å². The predicted molar refractivity (Wildman–Crippen MR) is 108 cm³/mol. The molecule has 0 amide bonds. The number of hydrogen-bond acceptors (Lipinski definition) is 5. The predicted octanol–water partition coefficient (Wildman–Crippen LogP) is 4.31. The quantitative estimate of drug-likeness (QED) is 0.608. The summed E-state index contributed by atoms with van der Waals surface area (Å²) in [4.78, 5) is 23.2. The van der Waals surface area contributed by atoms with Crippen LogP contribution in [0.3, 0.4) is 0 Å². The topological polar surface area (TPSA) is 95.9 Å². The number of hydrogen-bond donors (Lipinski definition) is 3. The third-order valence-corrected chi connectivity index (χ3v) is 6.33. The highest BCUT2D eigenvalue weighted by atomic mass is 32.1. The standard InChI is InChI=1S/C21H25NO5S/c1-13-18(27-12-17(23)24)20(21(25)26)28-19(13)15-7-5-6-14(10-15)11-22-16-8-3-2-4-9-16/h5-7,10,16,22H,2-4,8-9,11-12H2,1H3,(H,23,24)(H,25,26). The third kappa shape index (κ3) is 4.91. The van der Waals surface area contributed by atoms with Gasteiger partial charge in [-0.05, 0) is 37.0 Å². The summed E-state index contributed by atoms with van der Waals surface area (Å²) in [6.45, 7) is 1.97. The molecule has 6 nitrogen and oxygen atoms in total. The summed E-state index contributed by atoms with van der Waals surface area (Å²) in [5.41, 5.74) is 2.71. The van der Waals surface area contributed by atoms with E-state index in [1.807, 2.05) is 12.1 Å². The molecule has 7 heteroatoms. The Hall–Kier alpha value is -2.38. The lowest BCUT2D eigenvalue weighted by molar-refractivity contribution is -0.139. The van der Waals surface area contributed by atoms with Crippen LogP contribution < -0.4 is 10.1 Å². The van der Waals surface area contributed by atoms with E-state index in [0.29, 0.717) is 11.6 Å². The van der Waals surface area contributed by atoms with E-state index in [1.54, 1.807) is 6.92 Å². The smallest absolute Gasteiger partial charge is 0.349 e. The number of thiophene rings is 1. The largest absolute Gasteiger partial charge is 0.480 e. The molecule has 1 fully saturated rings. The molecule has 0 unspecified atom stereocenters. The lowest BCUT2D eigenvalue weighted by Gasteiger charge is -2.23. The average molecular weight is 404 g/mol. The molecule has 3 rings (SSSR count). The molecule has 1 saturated carbocycles. The molecule has 1 aromatic carbocycles. The summed E-state index contributed by atoms with van der Waals surface area (Å²) in [6.07, 6.45) is 6.32. The van der Waals surface area contributed by atoms with Crippen LogP contribution in [0.2, 0.25) is 0 Å². The number of aliphatic carboxylic acids is 1. The van der Waals surface area contributed by atoms with Crippen LogP contribution in [0.1, 0.15) is 52.9 Å². The van der Waals surface area contributed by atoms with E-state index in [1.165, 1.54) is 32.1 Å². The summed E-state index contributed by atoms with van der Waals surface area (Å²) in [5.74, 6) is -2.12. The van der Waals surface area contributed by atoms with Crippen LogP contribution in [0.4, 0.5) is 0 Å². The fraction of sp³-hybridized carbons (Fsp3) is 0.429. The van der Waals surface area contributed by atoms with Crippen molar-refractivity contribution in [3.63, 3.8) is 0 Å². The van der Waals surface area contributed by atoms with Crippen LogP contribution in [-0.4, -0.2) is 34.8 Å². The Morgan fingerprint density at radius 1 is 1.21 bits per heavy atom. The number of carboxylic acid groups (broad SMARTS) is 2. The minimum absolute atomic E-state index is 0.0273. The van der Waals surface area contributed by atoms with E-state index in [2.05, 4.69) is 17.4 Å². The van der Waals surface area contributed by atoms with Gasteiger partial charge in [0.1, 0.15) is 5.75 Å². The maximum absolute atomic E-state index is 11.6. The molecule has 0 aliphatic heterocycles. The van der Waals surface area contributed by atoms with Gasteiger partial charge in [0.15, 0.2) is 11.5 Å². The van der Waals surface area contributed by atoms with Crippen molar-refractivity contribution in [3.05, 3.63) is 40.3 Å². The number of carboxylic acids is 2. The van der Waals surface area contributed by atoms with Crippen molar-refractivity contribution in [2.75, 3.05) is 6.61 Å². The monoisotopic (exact) mass is 403 g/mol. The minimum Gasteiger partial charge on any atom is -0.480 e. The maximum Gasteiger partial charge on any atom is 0.349 e. The van der Waals surface area contributed by atoms with E-state index < -0.39 is 18.5 Å². The first-order valence-electron chi connectivity index (χ1n) is 9.49. The Labute approximate surface area is 168 Å². The van der Waals surface area contributed by atoms with Crippen molar-refractivity contribution in [1.29, 1.82) is 0 Å². The van der Waals surface area contributed by atoms with Crippen molar-refractivity contribution in [2.45, 2.75) is 51.6 Å². The Morgan fingerprint density at radius 2 is 1.96 bits per heavy atom. The number of carbonyl (C=O) groups is 2. The molecule has 3 N–H and O–H groups in total. The van der Waals surface area contributed by atoms with Crippen molar-refractivity contribution < 1.29 is 24.5 Å². The van der Waals surface area contributed by atoms with Crippen LogP contribution in [0, 0.1) is 6.92 Å². The van der Waals surface area contributed by atoms with E-state index in [4.69, 9.17) is 9.84 Å². The van der Waals surface area contributed by atoms with Crippen LogP contribution in [0.5, 0.6) is 5.75 Å². The molecule has 0 atom stereocenters. The second-order valence-electron chi connectivity index (χ2n) is 7.12. The van der Waals surface area contributed by atoms with Gasteiger partial charge in [0.25, 0.3) is 0 Å². The van der Waals surface area contributed by atoms with E-state index in [0.717, 1.165) is 33.9 Å². The number of rotatable bonds is 8. The van der Waals surface area contributed by atoms with Gasteiger partial charge in [0.05, 0.1) is 0 Å². The van der Waals surface area contributed by atoms with Gasteiger partial charge in [-0.2, -0.15) is 0 Å². The molecular weight excluding hydrogens is 378 g/mol. The molecule has 0 saturated heterocycles. The molecular formula is C21H25NO5S. The zero-order valence-electron chi connectivity index (χ0n) is 15.9. The minimum atomic E-state index is -1.14. The second kappa shape index (κ2) is 9.21. The molecule has 1 aliphatic rings. The molecule has 0 spiro atoms. The molecule has 150 valence electrons. The molecule has 0 radical (unpaired) electrons. The number of aromatic carboxylic acids is 1. The highest BCUT2D eigenvalue weighted by molar-refractivity contribution is 7.18. The van der Waals surface area contributed by atoms with Gasteiger partial charge >= 0.3 is 11.9 Å². The molecule has 1 heterocycles. The summed E-state index contributed by atoms with van der Waals surface area (Å²) in [7, 11) is 0. The highest BCUT2D eigenvalue weighted by Crippen LogP contribution is 2.41. The summed E-state index contributed by atoms with van der Waals surface area (Å²) in [5, 5.41) is 21.9. The van der Waals surface area contributed by atoms with Gasteiger partial charge < -0.3 is 20.3 Å². The molecule has 1 aliphatic carbocycles. The second-order valence-corrected chi connectivity index (χ2v) is 8.14. The van der Waals surface area contributed by atoms with Crippen molar-refractivity contribution in [1.82, 2.24) is 5.32 Å². The van der Waals surface area contributed by atoms with Crippen LogP contribution in [0.15, 0.2) is 24.3 Å². The van der Waals surface area contributed by atoms with Gasteiger partial charge in [0.2, 0.25) is 0 Å². The Bertz CT molecular complexity index is 854. The highest BCUT2D eigenvalue weighted by Gasteiger charge is 2.23. The fourth-order valence-corrected chi connectivity index (χ4v) is 4.70. The van der Waals surface area contributed by atoms with Gasteiger partial charge in [-0.1, -0.05) is 37.5 Å². The maximum atomic E-state index is 11.6. The van der Waals surface area contributed by atoms with E-state index in [9.17, 15) is 14.7 Å². The first-order chi connectivity index (χ1) is 13.5. The first kappa shape index (κ1) is 20.4. The summed E-state index contributed by atoms with van der Waals surface area (Å²) < 4.78 is 5.27. The third-order valence-electron chi connectivity index (χ3n) is 5.01. The Balaban J connectivity index is 1.81. The average Bonchev–Trinajstić information content (AvgIpc) is 3.02. The molecule has 2 aromatic rings. The zero-order valence-corrected chi connectivity index (χ0v) is 16.7. The van der Waals surface area contributed by atoms with Crippen molar-refractivity contribution >= 4 is 23.3 Å². The normalized spacial score (nSPS) is 14.8. The zero-order chi connectivity index (χ0) is 20.1. The van der Waals surface area contributed by atoms with Crippen LogP contribution >= 0.6 is 11.3 Å². The lowest BCUT2D eigenvalue weighted by Crippen LogP contribution is -2.30. The Morgan fingerprint density at radius 3 is 2.64 bits per heavy atom. The Kier molecular flexibility index (Phi) is 6.70. The molecule has 0 bridgehead atoms. The first-order valence-corrected chi connectivity index (χ1v) is 10.3. The SMILES string of the molecule is Cc1c(-c2cccc(CNC3CCCCC3)c2)sc(C(=O)O)c1OCC(=O)O. The van der Waals surface area contributed by atoms with Crippen LogP contribution in [0.25, 0.3) is 10.4 Å². The summed E-state index contributed by atoms with van der Waals surface area (Å²) in [6, 6.07) is 8.58. The van der Waals surface area contributed by atoms with Gasteiger partial charge in [-0.25, -0.2) is 9.59 Å². The number of benzene rings is 1.